The molecule has 0 aliphatic heterocycles. The molecule has 0 aliphatic carbocycles. The van der Waals surface area contributed by atoms with E-state index < -0.39 is 0 Å². The molecule has 2 heteroatoms. The molecule has 10 heavy (non-hydrogen) atoms. The highest BCUT2D eigenvalue weighted by atomic mass is 16.6. The molecular weight excluding hydrogens is 126 g/mol. The molecule has 0 heterocycles. The van der Waals surface area contributed by atoms with Gasteiger partial charge in [0.1, 0.15) is 0 Å². The molecule has 2 N–H and O–H groups in total. The van der Waals surface area contributed by atoms with Crippen molar-refractivity contribution in [1.82, 2.24) is 0 Å². The predicted molar refractivity (Wildman–Crippen MR) is 45.6 cm³/mol. The van der Waals surface area contributed by atoms with Gasteiger partial charge in [-0.25, -0.2) is 5.90 Å². The lowest BCUT2D eigenvalue weighted by atomic mass is 10.2. The lowest BCUT2D eigenvalue weighted by Crippen LogP contribution is -1.94. The third-order valence-corrected chi connectivity index (χ3v) is 1.12. The second-order valence-corrected chi connectivity index (χ2v) is 2.16. The van der Waals surface area contributed by atoms with Crippen LogP contribution >= 0.6 is 0 Å². The van der Waals surface area contributed by atoms with Crippen LogP contribution in [0.5, 0.6) is 0 Å². The first kappa shape index (κ1) is 12.6. The molecule has 0 aliphatic rings. The van der Waals surface area contributed by atoms with E-state index in [4.69, 9.17) is 0 Å². The number of rotatable bonds is 4. The minimum atomic E-state index is 0.597. The molecule has 0 fully saturated rings. The Labute approximate surface area is 64.7 Å². The van der Waals surface area contributed by atoms with E-state index in [2.05, 4.69) is 24.6 Å². The van der Waals surface area contributed by atoms with Crippen molar-refractivity contribution >= 4 is 0 Å². The van der Waals surface area contributed by atoms with Crippen LogP contribution in [0.1, 0.15) is 46.5 Å². The van der Waals surface area contributed by atoms with Gasteiger partial charge in [-0.3, -0.25) is 0 Å². The lowest BCUT2D eigenvalue weighted by molar-refractivity contribution is 0.152. The largest absolute Gasteiger partial charge is 0.305 e. The molecule has 0 unspecified atom stereocenters. The van der Waals surface area contributed by atoms with Crippen molar-refractivity contribution in [2.45, 2.75) is 46.5 Å². The molecular formula is C8H21NO. The molecule has 0 atom stereocenters. The zero-order valence-corrected chi connectivity index (χ0v) is 7.52. The van der Waals surface area contributed by atoms with Crippen LogP contribution in [0.3, 0.4) is 0 Å². The molecule has 0 saturated carbocycles. The minimum Gasteiger partial charge on any atom is -0.305 e. The molecule has 2 nitrogen and oxygen atoms in total. The van der Waals surface area contributed by atoms with Crippen molar-refractivity contribution in [3.8, 4) is 0 Å². The smallest absolute Gasteiger partial charge is 0.0651 e. The fraction of sp³-hybridized carbons (Fsp3) is 1.00. The Kier molecular flexibility index (Phi) is 20.1. The first-order valence-corrected chi connectivity index (χ1v) is 4.15. The number of hydrogen-bond acceptors (Lipinski definition) is 2. The van der Waals surface area contributed by atoms with Gasteiger partial charge in [-0.05, 0) is 6.92 Å². The van der Waals surface area contributed by atoms with E-state index in [1.807, 2.05) is 6.92 Å². The molecule has 64 valence electrons. The summed E-state index contributed by atoms with van der Waals surface area (Å²) >= 11 is 0. The molecule has 0 amide bonds. The van der Waals surface area contributed by atoms with Crippen LogP contribution in [0, 0.1) is 0 Å². The zero-order valence-electron chi connectivity index (χ0n) is 7.52. The summed E-state index contributed by atoms with van der Waals surface area (Å²) in [7, 11) is 0. The van der Waals surface area contributed by atoms with Crippen molar-refractivity contribution in [3.63, 3.8) is 0 Å². The highest BCUT2D eigenvalue weighted by Gasteiger charge is 1.75. The summed E-state index contributed by atoms with van der Waals surface area (Å²) in [5.74, 6) is 4.53. The summed E-state index contributed by atoms with van der Waals surface area (Å²) in [6.45, 7) is 6.89. The van der Waals surface area contributed by atoms with Crippen LogP contribution in [-0.2, 0) is 4.84 Å². The predicted octanol–water partition coefficient (Wildman–Crippen LogP) is 2.48. The second-order valence-electron chi connectivity index (χ2n) is 2.16. The maximum Gasteiger partial charge on any atom is 0.0651 e. The van der Waals surface area contributed by atoms with Crippen molar-refractivity contribution in [1.29, 1.82) is 0 Å². The number of hydrogen-bond donors (Lipinski definition) is 1. The van der Waals surface area contributed by atoms with E-state index >= 15 is 0 Å². The molecule has 0 aromatic rings. The Morgan fingerprint density at radius 2 is 1.30 bits per heavy atom. The van der Waals surface area contributed by atoms with Gasteiger partial charge in [0.25, 0.3) is 0 Å². The van der Waals surface area contributed by atoms with Crippen LogP contribution < -0.4 is 5.90 Å². The van der Waals surface area contributed by atoms with E-state index in [1.54, 1.807) is 0 Å². The summed E-state index contributed by atoms with van der Waals surface area (Å²) < 4.78 is 0. The van der Waals surface area contributed by atoms with Crippen molar-refractivity contribution in [2.24, 2.45) is 5.90 Å². The van der Waals surface area contributed by atoms with Gasteiger partial charge in [-0.1, -0.05) is 39.5 Å². The van der Waals surface area contributed by atoms with E-state index in [-0.39, 0.29) is 0 Å². The summed E-state index contributed by atoms with van der Waals surface area (Å²) in [4.78, 5) is 4.04. The topological polar surface area (TPSA) is 35.2 Å². The molecule has 0 aromatic heterocycles. The van der Waals surface area contributed by atoms with Gasteiger partial charge in [0.05, 0.1) is 6.61 Å². The van der Waals surface area contributed by atoms with Gasteiger partial charge in [0.15, 0.2) is 0 Å². The normalized spacial score (nSPS) is 8.40. The maximum atomic E-state index is 4.53. The van der Waals surface area contributed by atoms with Crippen molar-refractivity contribution in [2.75, 3.05) is 6.61 Å². The van der Waals surface area contributed by atoms with Crippen LogP contribution in [0.25, 0.3) is 0 Å². The number of unbranched alkanes of at least 4 members (excludes halogenated alkanes) is 3. The SMILES string of the molecule is CCCCCC.CCON. The first-order valence-electron chi connectivity index (χ1n) is 4.15. The van der Waals surface area contributed by atoms with Crippen molar-refractivity contribution < 1.29 is 4.84 Å². The highest BCUT2D eigenvalue weighted by molar-refractivity contribution is 4.31. The van der Waals surface area contributed by atoms with Gasteiger partial charge in [0, 0.05) is 0 Å². The van der Waals surface area contributed by atoms with Crippen LogP contribution in [0.15, 0.2) is 0 Å². The molecule has 0 aromatic carbocycles. The summed E-state index contributed by atoms with van der Waals surface area (Å²) in [5, 5.41) is 0. The Balaban J connectivity index is 0. The minimum absolute atomic E-state index is 0.597. The Bertz CT molecular complexity index is 34.2. The van der Waals surface area contributed by atoms with E-state index in [9.17, 15) is 0 Å². The van der Waals surface area contributed by atoms with Crippen molar-refractivity contribution in [3.05, 3.63) is 0 Å². The van der Waals surface area contributed by atoms with E-state index in [0.29, 0.717) is 6.61 Å². The van der Waals surface area contributed by atoms with Crippen LogP contribution in [0.4, 0.5) is 0 Å². The third kappa shape index (κ3) is 24.7. The summed E-state index contributed by atoms with van der Waals surface area (Å²) in [5.41, 5.74) is 0. The van der Waals surface area contributed by atoms with Gasteiger partial charge in [-0.2, -0.15) is 0 Å². The van der Waals surface area contributed by atoms with E-state index in [1.165, 1.54) is 25.7 Å². The summed E-state index contributed by atoms with van der Waals surface area (Å²) in [6.07, 6.45) is 5.54. The lowest BCUT2D eigenvalue weighted by Gasteiger charge is -1.86. The monoisotopic (exact) mass is 147 g/mol. The molecule has 0 bridgehead atoms. The second kappa shape index (κ2) is 16.0. The molecule has 0 saturated heterocycles. The van der Waals surface area contributed by atoms with Crippen LogP contribution in [0.2, 0.25) is 0 Å². The maximum absolute atomic E-state index is 4.53. The Morgan fingerprint density at radius 3 is 1.40 bits per heavy atom. The fourth-order valence-electron chi connectivity index (χ4n) is 0.500. The zero-order chi connectivity index (χ0) is 8.24. The molecule has 0 radical (unpaired) electrons. The fourth-order valence-corrected chi connectivity index (χ4v) is 0.500. The standard InChI is InChI=1S/C6H14.C2H7NO/c1-3-5-6-4-2;1-2-4-3/h3-6H2,1-2H3;2-3H2,1H3. The van der Waals surface area contributed by atoms with Gasteiger partial charge >= 0.3 is 0 Å². The molecule has 0 spiro atoms. The summed E-state index contributed by atoms with van der Waals surface area (Å²) in [6, 6.07) is 0. The van der Waals surface area contributed by atoms with E-state index in [0.717, 1.165) is 0 Å². The first-order chi connectivity index (χ1) is 4.83. The highest BCUT2D eigenvalue weighted by Crippen LogP contribution is 1.95. The third-order valence-electron chi connectivity index (χ3n) is 1.12. The van der Waals surface area contributed by atoms with Gasteiger partial charge in [0.2, 0.25) is 0 Å². The average Bonchev–Trinajstić information content (AvgIpc) is 2.01. The average molecular weight is 147 g/mol. The quantitative estimate of drug-likeness (QED) is 0.490. The molecule has 0 rings (SSSR count). The Hall–Kier alpha value is -0.0800. The van der Waals surface area contributed by atoms with Gasteiger partial charge in [-0.15, -0.1) is 0 Å². The number of nitrogens with two attached hydrogens (primary N) is 1. The Morgan fingerprint density at radius 1 is 1.00 bits per heavy atom. The van der Waals surface area contributed by atoms with Gasteiger partial charge < -0.3 is 4.84 Å². The van der Waals surface area contributed by atoms with Crippen LogP contribution in [-0.4, -0.2) is 6.61 Å².